The normalized spacial score (nSPS) is 19.8. The van der Waals surface area contributed by atoms with Crippen LogP contribution < -0.4 is 0 Å². The minimum absolute atomic E-state index is 0.385. The first kappa shape index (κ1) is 15.5. The number of hydrogen-bond acceptors (Lipinski definition) is 2. The Kier molecular flexibility index (Phi) is 4.53. The second-order valence-electron chi connectivity index (χ2n) is 6.16. The summed E-state index contributed by atoms with van der Waals surface area (Å²) >= 11 is 5.94. The second kappa shape index (κ2) is 6.41. The lowest BCUT2D eigenvalue weighted by Gasteiger charge is -2.41. The molecule has 116 valence electrons. The first-order valence-corrected chi connectivity index (χ1v) is 8.24. The maximum absolute atomic E-state index is 10.9. The first-order chi connectivity index (χ1) is 10.6. The quantitative estimate of drug-likeness (QED) is 0.908. The largest absolute Gasteiger partial charge is 0.385 e. The van der Waals surface area contributed by atoms with Crippen molar-refractivity contribution in [2.45, 2.75) is 31.4 Å². The highest BCUT2D eigenvalue weighted by atomic mass is 35.5. The molecule has 2 aromatic carbocycles. The molecule has 1 aliphatic heterocycles. The molecule has 0 radical (unpaired) electrons. The van der Waals surface area contributed by atoms with E-state index < -0.39 is 5.60 Å². The van der Waals surface area contributed by atoms with Gasteiger partial charge in [-0.3, -0.25) is 4.90 Å². The minimum Gasteiger partial charge on any atom is -0.385 e. The Morgan fingerprint density at radius 2 is 1.59 bits per heavy atom. The van der Waals surface area contributed by atoms with Crippen LogP contribution in [0.1, 0.15) is 36.9 Å². The predicted octanol–water partition coefficient (Wildman–Crippen LogP) is 4.38. The molecule has 1 heterocycles. The number of halogens is 1. The van der Waals surface area contributed by atoms with E-state index in [9.17, 15) is 5.11 Å². The molecule has 0 aromatic heterocycles. The molecule has 1 N–H and O–H groups in total. The topological polar surface area (TPSA) is 23.5 Å². The highest BCUT2D eigenvalue weighted by Gasteiger charge is 2.35. The summed E-state index contributed by atoms with van der Waals surface area (Å²) in [6.45, 7) is 4.03. The van der Waals surface area contributed by atoms with Gasteiger partial charge in [-0.25, -0.2) is 0 Å². The Morgan fingerprint density at radius 3 is 2.18 bits per heavy atom. The summed E-state index contributed by atoms with van der Waals surface area (Å²) in [6.07, 6.45) is 1.51. The Morgan fingerprint density at radius 1 is 1.00 bits per heavy atom. The van der Waals surface area contributed by atoms with E-state index in [0.29, 0.717) is 11.1 Å². The van der Waals surface area contributed by atoms with Gasteiger partial charge in [0, 0.05) is 24.2 Å². The van der Waals surface area contributed by atoms with Gasteiger partial charge in [-0.2, -0.15) is 0 Å². The molecule has 1 aliphatic rings. The zero-order valence-corrected chi connectivity index (χ0v) is 13.6. The first-order valence-electron chi connectivity index (χ1n) is 7.86. The van der Waals surface area contributed by atoms with Crippen molar-refractivity contribution in [2.75, 3.05) is 13.1 Å². The third-order valence-corrected chi connectivity index (χ3v) is 5.09. The third kappa shape index (κ3) is 3.19. The van der Waals surface area contributed by atoms with E-state index in [4.69, 9.17) is 11.6 Å². The molecule has 0 amide bonds. The predicted molar refractivity (Wildman–Crippen MR) is 91.0 cm³/mol. The van der Waals surface area contributed by atoms with Gasteiger partial charge < -0.3 is 5.11 Å². The summed E-state index contributed by atoms with van der Waals surface area (Å²) in [5.74, 6) is 0. The number of aliphatic hydroxyl groups is 1. The lowest BCUT2D eigenvalue weighted by molar-refractivity contribution is -0.0343. The molecule has 0 aliphatic carbocycles. The summed E-state index contributed by atoms with van der Waals surface area (Å²) in [5.41, 5.74) is 1.58. The number of benzene rings is 2. The monoisotopic (exact) mass is 315 g/mol. The van der Waals surface area contributed by atoms with Gasteiger partial charge in [-0.15, -0.1) is 0 Å². The summed E-state index contributed by atoms with van der Waals surface area (Å²) in [6, 6.07) is 18.5. The molecular formula is C19H22ClNO. The van der Waals surface area contributed by atoms with Crippen LogP contribution in [0.2, 0.25) is 5.02 Å². The standard InChI is InChI=1S/C19H22ClNO/c1-15(16-5-3-2-4-6-16)21-13-11-19(22,12-14-21)17-7-9-18(20)10-8-17/h2-10,15,22H,11-14H2,1H3. The zero-order chi connectivity index (χ0) is 15.6. The average Bonchev–Trinajstić information content (AvgIpc) is 2.56. The molecule has 3 rings (SSSR count). The van der Waals surface area contributed by atoms with Gasteiger partial charge in [0.15, 0.2) is 0 Å². The molecule has 0 bridgehead atoms. The lowest BCUT2D eigenvalue weighted by atomic mass is 9.84. The fourth-order valence-electron chi connectivity index (χ4n) is 3.27. The summed E-state index contributed by atoms with van der Waals surface area (Å²) in [7, 11) is 0. The zero-order valence-electron chi connectivity index (χ0n) is 12.9. The molecular weight excluding hydrogens is 294 g/mol. The van der Waals surface area contributed by atoms with E-state index in [-0.39, 0.29) is 0 Å². The van der Waals surface area contributed by atoms with E-state index in [0.717, 1.165) is 31.5 Å². The highest BCUT2D eigenvalue weighted by Crippen LogP contribution is 2.36. The lowest BCUT2D eigenvalue weighted by Crippen LogP contribution is -2.43. The number of piperidine rings is 1. The Hall–Kier alpha value is -1.35. The minimum atomic E-state index is -0.725. The Bertz CT molecular complexity index is 603. The number of likely N-dealkylation sites (tertiary alicyclic amines) is 1. The van der Waals surface area contributed by atoms with Crippen molar-refractivity contribution in [1.29, 1.82) is 0 Å². The molecule has 1 unspecified atom stereocenters. The second-order valence-corrected chi connectivity index (χ2v) is 6.60. The van der Waals surface area contributed by atoms with Gasteiger partial charge in [0.25, 0.3) is 0 Å². The number of rotatable bonds is 3. The summed E-state index contributed by atoms with van der Waals surface area (Å²) in [4.78, 5) is 2.44. The van der Waals surface area contributed by atoms with Gasteiger partial charge in [-0.1, -0.05) is 54.1 Å². The van der Waals surface area contributed by atoms with Gasteiger partial charge in [0.05, 0.1) is 5.60 Å². The molecule has 3 heteroatoms. The molecule has 2 nitrogen and oxygen atoms in total. The van der Waals surface area contributed by atoms with Crippen molar-refractivity contribution >= 4 is 11.6 Å². The maximum Gasteiger partial charge on any atom is 0.0920 e. The summed E-state index contributed by atoms with van der Waals surface area (Å²) < 4.78 is 0. The van der Waals surface area contributed by atoms with Crippen molar-refractivity contribution < 1.29 is 5.11 Å². The van der Waals surface area contributed by atoms with Crippen LogP contribution in [0.4, 0.5) is 0 Å². The van der Waals surface area contributed by atoms with Crippen LogP contribution in [0.3, 0.4) is 0 Å². The van der Waals surface area contributed by atoms with Gasteiger partial charge >= 0.3 is 0 Å². The van der Waals surface area contributed by atoms with Crippen LogP contribution in [-0.2, 0) is 5.60 Å². The van der Waals surface area contributed by atoms with Crippen LogP contribution in [0.15, 0.2) is 54.6 Å². The molecule has 2 aromatic rings. The molecule has 0 saturated carbocycles. The highest BCUT2D eigenvalue weighted by molar-refractivity contribution is 6.30. The number of nitrogens with zero attached hydrogens (tertiary/aromatic N) is 1. The van der Waals surface area contributed by atoms with Crippen LogP contribution in [-0.4, -0.2) is 23.1 Å². The van der Waals surface area contributed by atoms with Crippen LogP contribution in [0.25, 0.3) is 0 Å². The molecule has 22 heavy (non-hydrogen) atoms. The maximum atomic E-state index is 10.9. The van der Waals surface area contributed by atoms with Crippen molar-refractivity contribution in [2.24, 2.45) is 0 Å². The molecule has 1 atom stereocenters. The van der Waals surface area contributed by atoms with Gasteiger partial charge in [-0.05, 0) is 43.0 Å². The van der Waals surface area contributed by atoms with Crippen molar-refractivity contribution in [1.82, 2.24) is 4.90 Å². The molecule has 0 spiro atoms. The van der Waals surface area contributed by atoms with Gasteiger partial charge in [0.2, 0.25) is 0 Å². The molecule has 1 fully saturated rings. The third-order valence-electron chi connectivity index (χ3n) is 4.84. The molecule has 1 saturated heterocycles. The van der Waals surface area contributed by atoms with Gasteiger partial charge in [0.1, 0.15) is 0 Å². The van der Waals surface area contributed by atoms with Crippen LogP contribution in [0, 0.1) is 0 Å². The fourth-order valence-corrected chi connectivity index (χ4v) is 3.40. The smallest absolute Gasteiger partial charge is 0.0920 e. The van der Waals surface area contributed by atoms with Crippen LogP contribution >= 0.6 is 11.6 Å². The van der Waals surface area contributed by atoms with Crippen molar-refractivity contribution in [3.8, 4) is 0 Å². The van der Waals surface area contributed by atoms with Crippen molar-refractivity contribution in [3.05, 3.63) is 70.7 Å². The van der Waals surface area contributed by atoms with E-state index in [1.54, 1.807) is 0 Å². The number of hydrogen-bond donors (Lipinski definition) is 1. The van der Waals surface area contributed by atoms with Crippen molar-refractivity contribution in [3.63, 3.8) is 0 Å². The Labute approximate surface area is 137 Å². The summed E-state index contributed by atoms with van der Waals surface area (Å²) in [5, 5.41) is 11.6. The Balaban J connectivity index is 1.68. The fraction of sp³-hybridized carbons (Fsp3) is 0.368. The van der Waals surface area contributed by atoms with E-state index in [1.165, 1.54) is 5.56 Å². The van der Waals surface area contributed by atoms with E-state index >= 15 is 0 Å². The van der Waals surface area contributed by atoms with E-state index in [2.05, 4.69) is 36.1 Å². The van der Waals surface area contributed by atoms with Crippen LogP contribution in [0.5, 0.6) is 0 Å². The average molecular weight is 316 g/mol. The SMILES string of the molecule is CC(c1ccccc1)N1CCC(O)(c2ccc(Cl)cc2)CC1. The van der Waals surface area contributed by atoms with E-state index in [1.807, 2.05) is 30.3 Å².